The highest BCUT2D eigenvalue weighted by Gasteiger charge is 2.12. The Morgan fingerprint density at radius 1 is 0.833 bits per heavy atom. The lowest BCUT2D eigenvalue weighted by molar-refractivity contribution is 1.30. The van der Waals surface area contributed by atoms with Crippen molar-refractivity contribution in [3.63, 3.8) is 0 Å². The van der Waals surface area contributed by atoms with Crippen molar-refractivity contribution in [1.82, 2.24) is 29.9 Å². The fraction of sp³-hybridized carbons (Fsp3) is 0. The van der Waals surface area contributed by atoms with Gasteiger partial charge in [0.25, 0.3) is 0 Å². The van der Waals surface area contributed by atoms with E-state index in [2.05, 4.69) is 29.9 Å². The number of rotatable bonds is 1. The number of hydrogen-bond acceptors (Lipinski definition) is 4. The molecule has 0 saturated heterocycles. The molecule has 2 N–H and O–H groups in total. The second-order valence-electron chi connectivity index (χ2n) is 3.92. The smallest absolute Gasteiger partial charge is 0.178 e. The predicted octanol–water partition coefficient (Wildman–Crippen LogP) is 1.90. The summed E-state index contributed by atoms with van der Waals surface area (Å²) in [6, 6.07) is 3.81. The minimum absolute atomic E-state index is 0.682. The van der Waals surface area contributed by atoms with Crippen molar-refractivity contribution >= 4 is 22.2 Å². The lowest BCUT2D eigenvalue weighted by atomic mass is 10.1. The molecule has 4 heterocycles. The monoisotopic (exact) mass is 236 g/mol. The van der Waals surface area contributed by atoms with Crippen LogP contribution in [0.25, 0.3) is 33.5 Å². The molecule has 0 bridgehead atoms. The Kier molecular flexibility index (Phi) is 1.74. The largest absolute Gasteiger partial charge is 0.344 e. The van der Waals surface area contributed by atoms with E-state index in [9.17, 15) is 0 Å². The number of pyridine rings is 2. The first-order valence-electron chi connectivity index (χ1n) is 5.50. The van der Waals surface area contributed by atoms with E-state index in [1.54, 1.807) is 25.0 Å². The number of aromatic nitrogens is 6. The van der Waals surface area contributed by atoms with Gasteiger partial charge in [-0.3, -0.25) is 4.98 Å². The molecule has 18 heavy (non-hydrogen) atoms. The summed E-state index contributed by atoms with van der Waals surface area (Å²) in [6.07, 6.45) is 6.79. The normalized spacial score (nSPS) is 11.3. The highest BCUT2D eigenvalue weighted by Crippen LogP contribution is 2.27. The molecule has 4 rings (SSSR count). The van der Waals surface area contributed by atoms with Crippen LogP contribution in [0.5, 0.6) is 0 Å². The van der Waals surface area contributed by atoms with Crippen molar-refractivity contribution in [1.29, 1.82) is 0 Å². The van der Waals surface area contributed by atoms with E-state index in [4.69, 9.17) is 0 Å². The summed E-state index contributed by atoms with van der Waals surface area (Å²) in [6.45, 7) is 0. The number of fused-ring (bicyclic) bond motifs is 2. The second-order valence-corrected chi connectivity index (χ2v) is 3.92. The molecule has 0 spiro atoms. The molecule has 0 saturated carbocycles. The molecule has 0 fully saturated rings. The first kappa shape index (κ1) is 9.29. The summed E-state index contributed by atoms with van der Waals surface area (Å²) in [7, 11) is 0. The number of imidazole rings is 2. The van der Waals surface area contributed by atoms with Crippen molar-refractivity contribution in [3.05, 3.63) is 37.2 Å². The minimum Gasteiger partial charge on any atom is -0.344 e. The van der Waals surface area contributed by atoms with Gasteiger partial charge >= 0.3 is 0 Å². The summed E-state index contributed by atoms with van der Waals surface area (Å²) >= 11 is 0. The molecule has 0 atom stereocenters. The Hall–Kier alpha value is -2.76. The maximum atomic E-state index is 4.42. The summed E-state index contributed by atoms with van der Waals surface area (Å²) in [5, 5.41) is 0. The van der Waals surface area contributed by atoms with Gasteiger partial charge in [0.05, 0.1) is 23.7 Å². The maximum Gasteiger partial charge on any atom is 0.178 e. The highest BCUT2D eigenvalue weighted by atomic mass is 15.0. The summed E-state index contributed by atoms with van der Waals surface area (Å²) in [4.78, 5) is 23.3. The van der Waals surface area contributed by atoms with Crippen LogP contribution in [0, 0.1) is 0 Å². The van der Waals surface area contributed by atoms with E-state index in [1.165, 1.54) is 0 Å². The average molecular weight is 236 g/mol. The van der Waals surface area contributed by atoms with Gasteiger partial charge in [0, 0.05) is 18.0 Å². The average Bonchev–Trinajstić information content (AvgIpc) is 3.06. The third kappa shape index (κ3) is 1.17. The van der Waals surface area contributed by atoms with Crippen LogP contribution in [0.3, 0.4) is 0 Å². The standard InChI is InChI=1S/C12H8N6/c1-3-14-12-10(16-6-18-12)7(1)9-11-8(2-4-13-9)15-5-17-11/h1-6H,(H,15,17)(H,14,16,18). The Labute approximate surface area is 101 Å². The fourth-order valence-electron chi connectivity index (χ4n) is 2.11. The number of hydrogen-bond donors (Lipinski definition) is 2. The zero-order valence-electron chi connectivity index (χ0n) is 9.25. The molecule has 86 valence electrons. The summed E-state index contributed by atoms with van der Waals surface area (Å²) in [5.41, 5.74) is 5.15. The lowest BCUT2D eigenvalue weighted by Crippen LogP contribution is -1.88. The second kappa shape index (κ2) is 3.36. The molecule has 0 aliphatic carbocycles. The van der Waals surface area contributed by atoms with Crippen molar-refractivity contribution in [2.24, 2.45) is 0 Å². The van der Waals surface area contributed by atoms with Gasteiger partial charge in [-0.15, -0.1) is 0 Å². The molecule has 0 unspecified atom stereocenters. The maximum absolute atomic E-state index is 4.42. The third-order valence-electron chi connectivity index (χ3n) is 2.92. The third-order valence-corrected chi connectivity index (χ3v) is 2.92. The molecule has 4 aromatic heterocycles. The van der Waals surface area contributed by atoms with Gasteiger partial charge in [-0.2, -0.15) is 0 Å². The van der Waals surface area contributed by atoms with Crippen LogP contribution in [0.2, 0.25) is 0 Å². The zero-order chi connectivity index (χ0) is 11.9. The molecule has 0 radical (unpaired) electrons. The van der Waals surface area contributed by atoms with E-state index in [1.807, 2.05) is 12.1 Å². The quantitative estimate of drug-likeness (QED) is 0.528. The van der Waals surface area contributed by atoms with Crippen LogP contribution in [0.15, 0.2) is 37.2 Å². The molecular weight excluding hydrogens is 228 g/mol. The van der Waals surface area contributed by atoms with E-state index in [0.29, 0.717) is 5.65 Å². The van der Waals surface area contributed by atoms with Crippen LogP contribution in [0.4, 0.5) is 0 Å². The zero-order valence-corrected chi connectivity index (χ0v) is 9.25. The number of nitrogens with one attached hydrogen (secondary N) is 2. The lowest BCUT2D eigenvalue weighted by Gasteiger charge is -2.02. The Balaban J connectivity index is 2.13. The minimum atomic E-state index is 0.682. The van der Waals surface area contributed by atoms with Crippen molar-refractivity contribution in [3.8, 4) is 11.3 Å². The van der Waals surface area contributed by atoms with Crippen molar-refractivity contribution < 1.29 is 0 Å². The van der Waals surface area contributed by atoms with E-state index in [0.717, 1.165) is 27.8 Å². The molecule has 6 nitrogen and oxygen atoms in total. The molecule has 0 amide bonds. The molecule has 0 aromatic carbocycles. The predicted molar refractivity (Wildman–Crippen MR) is 66.8 cm³/mol. The number of aromatic amines is 2. The first-order valence-corrected chi connectivity index (χ1v) is 5.50. The first-order chi connectivity index (χ1) is 8.93. The van der Waals surface area contributed by atoms with Crippen molar-refractivity contribution in [2.75, 3.05) is 0 Å². The van der Waals surface area contributed by atoms with Gasteiger partial charge in [-0.05, 0) is 12.1 Å². The van der Waals surface area contributed by atoms with Gasteiger partial charge in [-0.1, -0.05) is 0 Å². The van der Waals surface area contributed by atoms with E-state index < -0.39 is 0 Å². The van der Waals surface area contributed by atoms with Crippen LogP contribution in [-0.2, 0) is 0 Å². The Bertz CT molecular complexity index is 772. The van der Waals surface area contributed by atoms with Crippen LogP contribution in [0.1, 0.15) is 0 Å². The summed E-state index contributed by atoms with van der Waals surface area (Å²) in [5.74, 6) is 0. The molecule has 4 aromatic rings. The number of nitrogens with zero attached hydrogens (tertiary/aromatic N) is 4. The van der Waals surface area contributed by atoms with Gasteiger partial charge in [0.1, 0.15) is 11.2 Å². The molecule has 0 aliphatic rings. The van der Waals surface area contributed by atoms with Gasteiger partial charge in [0.15, 0.2) is 5.65 Å². The van der Waals surface area contributed by atoms with Crippen LogP contribution < -0.4 is 0 Å². The van der Waals surface area contributed by atoms with E-state index >= 15 is 0 Å². The molecule has 6 heteroatoms. The van der Waals surface area contributed by atoms with Crippen molar-refractivity contribution in [2.45, 2.75) is 0 Å². The van der Waals surface area contributed by atoms with Crippen LogP contribution >= 0.6 is 0 Å². The van der Waals surface area contributed by atoms with Gasteiger partial charge in [0.2, 0.25) is 0 Å². The van der Waals surface area contributed by atoms with Gasteiger partial charge < -0.3 is 9.97 Å². The highest BCUT2D eigenvalue weighted by molar-refractivity contribution is 5.97. The Morgan fingerprint density at radius 3 is 2.72 bits per heavy atom. The topological polar surface area (TPSA) is 83.1 Å². The molecular formula is C12H8N6. The van der Waals surface area contributed by atoms with Crippen LogP contribution in [-0.4, -0.2) is 29.9 Å². The summed E-state index contributed by atoms with van der Waals surface area (Å²) < 4.78 is 0. The SMILES string of the molecule is c1cc2[nH]cnc2c(-c2ccnc3nc[nH]c23)n1. The fourth-order valence-corrected chi connectivity index (χ4v) is 2.11. The Morgan fingerprint density at radius 2 is 1.72 bits per heavy atom. The van der Waals surface area contributed by atoms with E-state index in [-0.39, 0.29) is 0 Å². The number of H-pyrrole nitrogens is 2. The molecule has 0 aliphatic heterocycles. The van der Waals surface area contributed by atoms with Gasteiger partial charge in [-0.25, -0.2) is 15.0 Å².